The van der Waals surface area contributed by atoms with Crippen LogP contribution in [-0.4, -0.2) is 51.1 Å². The molecule has 0 aliphatic rings. The molecule has 5 rings (SSSR count). The Hall–Kier alpha value is -5.71. The van der Waals surface area contributed by atoms with E-state index in [9.17, 15) is 39.5 Å². The van der Waals surface area contributed by atoms with E-state index in [1.807, 2.05) is 0 Å². The molecule has 0 saturated carbocycles. The van der Waals surface area contributed by atoms with Crippen molar-refractivity contribution in [1.29, 1.82) is 0 Å². The highest BCUT2D eigenvalue weighted by molar-refractivity contribution is 7.86. The maximum Gasteiger partial charge on any atom is 0.296 e. The predicted octanol–water partition coefficient (Wildman–Crippen LogP) is 7.43. The number of fused-ring (bicyclic) bond motifs is 1. The fourth-order valence-electron chi connectivity index (χ4n) is 4.55. The van der Waals surface area contributed by atoms with E-state index in [0.717, 1.165) is 18.2 Å². The van der Waals surface area contributed by atoms with Gasteiger partial charge in [0.15, 0.2) is 5.75 Å². The van der Waals surface area contributed by atoms with Gasteiger partial charge in [0.2, 0.25) is 0 Å². The van der Waals surface area contributed by atoms with Crippen molar-refractivity contribution in [3.63, 3.8) is 0 Å². The minimum Gasteiger partial charge on any atom is -0.505 e. The number of azo groups is 3. The monoisotopic (exact) mass is 755 g/mol. The largest absolute Gasteiger partial charge is 0.505 e. The summed E-state index contributed by atoms with van der Waals surface area (Å²) in [6.07, 6.45) is 0. The number of hydrogen-bond donors (Lipinski definition) is 5. The molecule has 5 aromatic rings. The van der Waals surface area contributed by atoms with Gasteiger partial charge in [0.25, 0.3) is 30.4 Å². The van der Waals surface area contributed by atoms with Crippen LogP contribution in [0.25, 0.3) is 10.8 Å². The Bertz CT molecular complexity index is 2630. The molecule has 264 valence electrons. The number of methoxy groups -OCH3 is 1. The summed E-state index contributed by atoms with van der Waals surface area (Å²) >= 11 is 0. The first-order valence-corrected chi connectivity index (χ1v) is 18.3. The third-order valence-electron chi connectivity index (χ3n) is 7.03. The maximum absolute atomic E-state index is 12.2. The highest BCUT2D eigenvalue weighted by Crippen LogP contribution is 2.43. The summed E-state index contributed by atoms with van der Waals surface area (Å²) in [5.74, 6) is -0.476. The van der Waals surface area contributed by atoms with Crippen molar-refractivity contribution in [2.24, 2.45) is 30.7 Å². The quantitative estimate of drug-likeness (QED) is 0.0528. The lowest BCUT2D eigenvalue weighted by atomic mass is 10.1. The molecule has 0 radical (unpaired) electrons. The first kappa shape index (κ1) is 36.6. The number of hydrogen-bond acceptors (Lipinski definition) is 15. The fraction of sp³-hybridized carbons (Fsp3) is 0.0667. The van der Waals surface area contributed by atoms with Gasteiger partial charge in [-0.05, 0) is 90.7 Å². The van der Waals surface area contributed by atoms with E-state index in [1.165, 1.54) is 49.6 Å². The summed E-state index contributed by atoms with van der Waals surface area (Å²) in [5.41, 5.74) is 6.83. The predicted molar refractivity (Wildman–Crippen MR) is 183 cm³/mol. The number of nitrogens with zero attached hydrogens (tertiary/aromatic N) is 6. The molecule has 0 aromatic heterocycles. The molecule has 0 heterocycles. The van der Waals surface area contributed by atoms with Crippen LogP contribution in [0.1, 0.15) is 5.56 Å². The topological polar surface area (TPSA) is 293 Å². The molecule has 21 heteroatoms. The van der Waals surface area contributed by atoms with E-state index in [0.29, 0.717) is 34.1 Å². The molecule has 0 aliphatic carbocycles. The second kappa shape index (κ2) is 13.9. The van der Waals surface area contributed by atoms with Crippen molar-refractivity contribution in [1.82, 2.24) is 0 Å². The van der Waals surface area contributed by atoms with E-state index in [-0.39, 0.29) is 21.4 Å². The van der Waals surface area contributed by atoms with Gasteiger partial charge in [0.05, 0.1) is 40.4 Å². The van der Waals surface area contributed by atoms with E-state index < -0.39 is 57.3 Å². The standard InChI is InChI=1S/C30H25N7O11S3/c1-16-11-19(34-37-29-28(51(45,46)47)13-17-12-27(50(42,43)44)23(31)15-22(17)30(29)38)5-9-24(16)35-36-25-10-6-20(14-26(25)48-2)33-32-18-3-7-21(8-4-18)49(39,40)41/h3-15,38H,31H2,1-2H3,(H,39,40,41)(H,42,43,44)(H,45,46,47). The molecule has 0 spiro atoms. The number of ether oxygens (including phenoxy) is 1. The molecule has 0 amide bonds. The zero-order valence-electron chi connectivity index (χ0n) is 26.1. The van der Waals surface area contributed by atoms with Crippen LogP contribution in [0.3, 0.4) is 0 Å². The first-order valence-electron chi connectivity index (χ1n) is 14.0. The van der Waals surface area contributed by atoms with Gasteiger partial charge >= 0.3 is 0 Å². The highest BCUT2D eigenvalue weighted by Gasteiger charge is 2.24. The second-order valence-corrected chi connectivity index (χ2v) is 14.7. The summed E-state index contributed by atoms with van der Waals surface area (Å²) in [6, 6.07) is 17.0. The van der Waals surface area contributed by atoms with Crippen LogP contribution >= 0.6 is 0 Å². The molecule has 0 atom stereocenters. The number of aromatic hydroxyl groups is 1. The Kier molecular flexibility index (Phi) is 9.96. The molecule has 51 heavy (non-hydrogen) atoms. The van der Waals surface area contributed by atoms with Crippen molar-refractivity contribution in [2.45, 2.75) is 21.6 Å². The highest BCUT2D eigenvalue weighted by atomic mass is 32.2. The van der Waals surface area contributed by atoms with Gasteiger partial charge in [-0.15, -0.1) is 10.2 Å². The minimum atomic E-state index is -5.02. The first-order chi connectivity index (χ1) is 23.8. The number of benzene rings is 5. The number of anilines is 1. The number of phenols is 1. The Balaban J connectivity index is 1.39. The van der Waals surface area contributed by atoms with Gasteiger partial charge in [0, 0.05) is 11.5 Å². The number of nitrogens with two attached hydrogens (primary N) is 1. The molecular formula is C30H25N7O11S3. The molecule has 6 N–H and O–H groups in total. The summed E-state index contributed by atoms with van der Waals surface area (Å²) in [6.45, 7) is 1.68. The average Bonchev–Trinajstić information content (AvgIpc) is 3.05. The molecule has 0 unspecified atom stereocenters. The zero-order valence-corrected chi connectivity index (χ0v) is 28.6. The maximum atomic E-state index is 12.2. The van der Waals surface area contributed by atoms with Gasteiger partial charge in [-0.2, -0.15) is 45.7 Å². The van der Waals surface area contributed by atoms with Crippen LogP contribution in [0.15, 0.2) is 124 Å². The van der Waals surface area contributed by atoms with Gasteiger partial charge < -0.3 is 15.6 Å². The van der Waals surface area contributed by atoms with E-state index in [2.05, 4.69) is 30.7 Å². The minimum absolute atomic E-state index is 0.132. The van der Waals surface area contributed by atoms with Crippen LogP contribution < -0.4 is 10.5 Å². The Morgan fingerprint density at radius 3 is 1.73 bits per heavy atom. The molecule has 0 saturated heterocycles. The lowest BCUT2D eigenvalue weighted by Gasteiger charge is -2.11. The van der Waals surface area contributed by atoms with Gasteiger partial charge in [-0.1, -0.05) is 0 Å². The van der Waals surface area contributed by atoms with Gasteiger partial charge in [-0.3, -0.25) is 13.7 Å². The third-order valence-corrected chi connectivity index (χ3v) is 9.67. The number of aryl methyl sites for hydroxylation is 1. The van der Waals surface area contributed by atoms with E-state index in [1.54, 1.807) is 25.1 Å². The molecule has 0 fully saturated rings. The molecular weight excluding hydrogens is 731 g/mol. The lowest BCUT2D eigenvalue weighted by Crippen LogP contribution is -2.04. The zero-order chi connectivity index (χ0) is 37.3. The number of nitrogen functional groups attached to an aromatic ring is 1. The summed E-state index contributed by atoms with van der Waals surface area (Å²) in [4.78, 5) is -1.90. The van der Waals surface area contributed by atoms with E-state index in [4.69, 9.17) is 15.0 Å². The molecule has 0 aliphatic heterocycles. The number of rotatable bonds is 10. The van der Waals surface area contributed by atoms with Crippen LogP contribution in [0.2, 0.25) is 0 Å². The second-order valence-electron chi connectivity index (χ2n) is 10.5. The van der Waals surface area contributed by atoms with Crippen LogP contribution in [0, 0.1) is 6.92 Å². The van der Waals surface area contributed by atoms with Gasteiger partial charge in [-0.25, -0.2) is 0 Å². The molecule has 18 nitrogen and oxygen atoms in total. The third kappa shape index (κ3) is 8.37. The fourth-order valence-corrected chi connectivity index (χ4v) is 6.32. The average molecular weight is 756 g/mol. The summed E-state index contributed by atoms with van der Waals surface area (Å²) < 4.78 is 104. The lowest BCUT2D eigenvalue weighted by molar-refractivity contribution is 0.416. The van der Waals surface area contributed by atoms with Gasteiger partial charge in [0.1, 0.15) is 26.9 Å². The summed E-state index contributed by atoms with van der Waals surface area (Å²) in [5, 5.41) is 35.0. The summed E-state index contributed by atoms with van der Waals surface area (Å²) in [7, 11) is -12.7. The Labute approximate surface area is 289 Å². The van der Waals surface area contributed by atoms with Crippen molar-refractivity contribution < 1.29 is 48.8 Å². The Morgan fingerprint density at radius 1 is 0.608 bits per heavy atom. The molecule has 5 aromatic carbocycles. The van der Waals surface area contributed by atoms with Crippen molar-refractivity contribution >= 4 is 80.9 Å². The van der Waals surface area contributed by atoms with Crippen molar-refractivity contribution in [3.8, 4) is 11.5 Å². The van der Waals surface area contributed by atoms with Crippen LogP contribution in [0.4, 0.5) is 39.8 Å². The van der Waals surface area contributed by atoms with Crippen LogP contribution in [0.5, 0.6) is 11.5 Å². The van der Waals surface area contributed by atoms with Crippen LogP contribution in [-0.2, 0) is 30.4 Å². The van der Waals surface area contributed by atoms with Crippen molar-refractivity contribution in [3.05, 3.63) is 84.4 Å². The normalized spacial score (nSPS) is 12.8. The Morgan fingerprint density at radius 2 is 1.14 bits per heavy atom. The number of phenolic OH excluding ortho intramolecular Hbond substituents is 1. The molecule has 0 bridgehead atoms. The smallest absolute Gasteiger partial charge is 0.296 e. The van der Waals surface area contributed by atoms with Crippen molar-refractivity contribution in [2.75, 3.05) is 12.8 Å². The van der Waals surface area contributed by atoms with E-state index >= 15 is 0 Å². The SMILES string of the molecule is COc1cc(N=Nc2ccc(S(=O)(=O)O)cc2)ccc1N=Nc1ccc(N=Nc2c(S(=O)(=O)O)cc3cc(S(=O)(=O)O)c(N)cc3c2O)cc1C.